The van der Waals surface area contributed by atoms with Crippen LogP contribution in [-0.4, -0.2) is 62.7 Å². The summed E-state index contributed by atoms with van der Waals surface area (Å²) in [6, 6.07) is 0.615. The molecule has 16 heavy (non-hydrogen) atoms. The van der Waals surface area contributed by atoms with Crippen LogP contribution in [0.2, 0.25) is 0 Å². The smallest absolute Gasteiger partial charge is 0.00103 e. The molecule has 1 N–H and O–H groups in total. The summed E-state index contributed by atoms with van der Waals surface area (Å²) in [4.78, 5) is 4.81. The van der Waals surface area contributed by atoms with Gasteiger partial charge in [-0.3, -0.25) is 0 Å². The maximum Gasteiger partial charge on any atom is 0.00103 e. The Balaban J connectivity index is 3.44. The first kappa shape index (κ1) is 15.9. The first-order valence-corrected chi connectivity index (χ1v) is 6.66. The Labute approximate surface area is 102 Å². The molecule has 0 spiro atoms. The summed E-state index contributed by atoms with van der Waals surface area (Å²) < 4.78 is 0. The summed E-state index contributed by atoms with van der Waals surface area (Å²) in [5, 5.41) is 3.46. The van der Waals surface area contributed by atoms with Crippen molar-refractivity contribution in [3.8, 4) is 0 Å². The SMILES string of the molecule is CCN(CCCNC(C)C)CCCN(C)C. The summed E-state index contributed by atoms with van der Waals surface area (Å²) in [5.74, 6) is 0. The van der Waals surface area contributed by atoms with Gasteiger partial charge in [-0.2, -0.15) is 0 Å². The lowest BCUT2D eigenvalue weighted by atomic mass is 10.3. The number of rotatable bonds is 10. The molecule has 3 nitrogen and oxygen atoms in total. The van der Waals surface area contributed by atoms with E-state index in [0.717, 1.165) is 6.54 Å². The molecule has 0 fully saturated rings. The van der Waals surface area contributed by atoms with Gasteiger partial charge < -0.3 is 15.1 Å². The fraction of sp³-hybridized carbons (Fsp3) is 1.00. The van der Waals surface area contributed by atoms with Crippen molar-refractivity contribution in [3.63, 3.8) is 0 Å². The van der Waals surface area contributed by atoms with Crippen LogP contribution in [0.4, 0.5) is 0 Å². The average Bonchev–Trinajstić information content (AvgIpc) is 2.20. The highest BCUT2D eigenvalue weighted by Gasteiger charge is 2.02. The van der Waals surface area contributed by atoms with E-state index < -0.39 is 0 Å². The van der Waals surface area contributed by atoms with Crippen LogP contribution >= 0.6 is 0 Å². The van der Waals surface area contributed by atoms with Crippen LogP contribution in [0.3, 0.4) is 0 Å². The van der Waals surface area contributed by atoms with E-state index in [1.54, 1.807) is 0 Å². The molecule has 0 rings (SSSR count). The van der Waals surface area contributed by atoms with Gasteiger partial charge in [-0.1, -0.05) is 20.8 Å². The quantitative estimate of drug-likeness (QED) is 0.575. The minimum absolute atomic E-state index is 0.615. The van der Waals surface area contributed by atoms with E-state index in [4.69, 9.17) is 0 Å². The Kier molecular flexibility index (Phi) is 9.99. The van der Waals surface area contributed by atoms with Crippen LogP contribution in [0.1, 0.15) is 33.6 Å². The minimum atomic E-state index is 0.615. The predicted molar refractivity (Wildman–Crippen MR) is 73.0 cm³/mol. The molecular formula is C13H31N3. The molecule has 0 heterocycles. The molecule has 0 radical (unpaired) electrons. The van der Waals surface area contributed by atoms with Crippen molar-refractivity contribution in [1.29, 1.82) is 0 Å². The van der Waals surface area contributed by atoms with Crippen molar-refractivity contribution in [2.75, 3.05) is 46.8 Å². The third-order valence-electron chi connectivity index (χ3n) is 2.73. The molecule has 0 unspecified atom stereocenters. The van der Waals surface area contributed by atoms with Crippen LogP contribution in [0.25, 0.3) is 0 Å². The molecule has 0 aromatic carbocycles. The van der Waals surface area contributed by atoms with Crippen molar-refractivity contribution in [3.05, 3.63) is 0 Å². The third kappa shape index (κ3) is 10.4. The second-order valence-corrected chi connectivity index (χ2v) is 5.05. The average molecular weight is 229 g/mol. The molecule has 3 heteroatoms. The summed E-state index contributed by atoms with van der Waals surface area (Å²) in [5.41, 5.74) is 0. The molecule has 0 aliphatic heterocycles. The van der Waals surface area contributed by atoms with Crippen LogP contribution < -0.4 is 5.32 Å². The van der Waals surface area contributed by atoms with Gasteiger partial charge in [0.15, 0.2) is 0 Å². The Morgan fingerprint density at radius 2 is 1.62 bits per heavy atom. The van der Waals surface area contributed by atoms with Crippen molar-refractivity contribution in [2.45, 2.75) is 39.7 Å². The molecule has 0 bridgehead atoms. The lowest BCUT2D eigenvalue weighted by molar-refractivity contribution is 0.262. The highest BCUT2D eigenvalue weighted by Crippen LogP contribution is 1.95. The summed E-state index contributed by atoms with van der Waals surface area (Å²) >= 11 is 0. The van der Waals surface area contributed by atoms with Gasteiger partial charge in [0.25, 0.3) is 0 Å². The first-order valence-electron chi connectivity index (χ1n) is 6.66. The van der Waals surface area contributed by atoms with E-state index in [-0.39, 0.29) is 0 Å². The monoisotopic (exact) mass is 229 g/mol. The highest BCUT2D eigenvalue weighted by molar-refractivity contribution is 4.60. The lowest BCUT2D eigenvalue weighted by Gasteiger charge is -2.21. The third-order valence-corrected chi connectivity index (χ3v) is 2.73. The van der Waals surface area contributed by atoms with Gasteiger partial charge >= 0.3 is 0 Å². The zero-order chi connectivity index (χ0) is 12.4. The van der Waals surface area contributed by atoms with Gasteiger partial charge in [-0.25, -0.2) is 0 Å². The Hall–Kier alpha value is -0.120. The number of hydrogen-bond acceptors (Lipinski definition) is 3. The van der Waals surface area contributed by atoms with E-state index in [2.05, 4.69) is 50.0 Å². The van der Waals surface area contributed by atoms with E-state index in [1.807, 2.05) is 0 Å². The molecule has 0 aliphatic carbocycles. The maximum absolute atomic E-state index is 3.46. The van der Waals surface area contributed by atoms with Gasteiger partial charge in [0.1, 0.15) is 0 Å². The standard InChI is InChI=1S/C13H31N3/c1-6-16(12-8-10-15(4)5)11-7-9-14-13(2)3/h13-14H,6-12H2,1-5H3. The van der Waals surface area contributed by atoms with Crippen molar-refractivity contribution in [1.82, 2.24) is 15.1 Å². The summed E-state index contributed by atoms with van der Waals surface area (Å²) in [7, 11) is 4.28. The Morgan fingerprint density at radius 3 is 2.12 bits per heavy atom. The van der Waals surface area contributed by atoms with Gasteiger partial charge in [0, 0.05) is 6.04 Å². The fourth-order valence-corrected chi connectivity index (χ4v) is 1.73. The van der Waals surface area contributed by atoms with Crippen LogP contribution in [0.5, 0.6) is 0 Å². The number of nitrogens with zero attached hydrogens (tertiary/aromatic N) is 2. The second-order valence-electron chi connectivity index (χ2n) is 5.05. The van der Waals surface area contributed by atoms with Gasteiger partial charge in [0.2, 0.25) is 0 Å². The van der Waals surface area contributed by atoms with E-state index >= 15 is 0 Å². The molecule has 0 atom stereocenters. The first-order chi connectivity index (χ1) is 7.56. The summed E-state index contributed by atoms with van der Waals surface area (Å²) in [6.07, 6.45) is 2.53. The summed E-state index contributed by atoms with van der Waals surface area (Å²) in [6.45, 7) is 12.6. The predicted octanol–water partition coefficient (Wildman–Crippen LogP) is 1.65. The van der Waals surface area contributed by atoms with E-state index in [0.29, 0.717) is 6.04 Å². The van der Waals surface area contributed by atoms with Gasteiger partial charge in [-0.15, -0.1) is 0 Å². The molecule has 0 aromatic rings. The minimum Gasteiger partial charge on any atom is -0.314 e. The molecular weight excluding hydrogens is 198 g/mol. The van der Waals surface area contributed by atoms with Crippen molar-refractivity contribution in [2.24, 2.45) is 0 Å². The molecule has 0 aliphatic rings. The van der Waals surface area contributed by atoms with Crippen LogP contribution in [0.15, 0.2) is 0 Å². The van der Waals surface area contributed by atoms with E-state index in [9.17, 15) is 0 Å². The lowest BCUT2D eigenvalue weighted by Crippen LogP contribution is -2.31. The maximum atomic E-state index is 3.46. The molecule has 0 saturated heterocycles. The zero-order valence-electron chi connectivity index (χ0n) is 11.9. The van der Waals surface area contributed by atoms with Crippen molar-refractivity contribution >= 4 is 0 Å². The van der Waals surface area contributed by atoms with Crippen LogP contribution in [0, 0.1) is 0 Å². The second kappa shape index (κ2) is 10.1. The van der Waals surface area contributed by atoms with Gasteiger partial charge in [-0.05, 0) is 59.7 Å². The normalized spacial score (nSPS) is 12.0. The largest absolute Gasteiger partial charge is 0.314 e. The Bertz CT molecular complexity index is 146. The molecule has 98 valence electrons. The van der Waals surface area contributed by atoms with E-state index in [1.165, 1.54) is 39.0 Å². The van der Waals surface area contributed by atoms with Crippen LogP contribution in [-0.2, 0) is 0 Å². The molecule has 0 saturated carbocycles. The Morgan fingerprint density at radius 1 is 1.00 bits per heavy atom. The number of nitrogens with one attached hydrogen (secondary N) is 1. The molecule has 0 amide bonds. The van der Waals surface area contributed by atoms with Crippen molar-refractivity contribution < 1.29 is 0 Å². The topological polar surface area (TPSA) is 18.5 Å². The zero-order valence-corrected chi connectivity index (χ0v) is 11.9. The fourth-order valence-electron chi connectivity index (χ4n) is 1.73. The number of hydrogen-bond donors (Lipinski definition) is 1. The van der Waals surface area contributed by atoms with Gasteiger partial charge in [0.05, 0.1) is 0 Å². The highest BCUT2D eigenvalue weighted by atomic mass is 15.1. The molecule has 0 aromatic heterocycles.